The molecule has 1 aliphatic heterocycles. The van der Waals surface area contributed by atoms with Crippen LogP contribution in [0.5, 0.6) is 0 Å². The van der Waals surface area contributed by atoms with Crippen LogP contribution in [0, 0.1) is 5.92 Å². The molecule has 0 aromatic heterocycles. The molecule has 0 unspecified atom stereocenters. The number of nitrogens with zero attached hydrogens (tertiary/aromatic N) is 1. The van der Waals surface area contributed by atoms with Gasteiger partial charge in [0.05, 0.1) is 0 Å². The van der Waals surface area contributed by atoms with Crippen molar-refractivity contribution in [3.8, 4) is 0 Å². The molecular formula is C18H30N2O2. The first-order valence-corrected chi connectivity index (χ1v) is 8.07. The molecule has 0 saturated carbocycles. The molecule has 4 heteroatoms. The first kappa shape index (κ1) is 16.8. The summed E-state index contributed by atoms with van der Waals surface area (Å²) in [6, 6.07) is 10.6. The number of hydrogen-bond acceptors (Lipinski definition) is 3. The fraction of sp³-hybridized carbons (Fsp3) is 0.611. The van der Waals surface area contributed by atoms with Crippen molar-refractivity contribution in [3.05, 3.63) is 35.9 Å². The van der Waals surface area contributed by atoms with E-state index in [0.29, 0.717) is 5.92 Å². The number of alkyl carbamates (subject to hydrolysis) is 1. The molecule has 1 aliphatic rings. The van der Waals surface area contributed by atoms with E-state index in [1.165, 1.54) is 5.56 Å². The number of likely N-dealkylation sites (tertiary alicyclic amines) is 1. The highest BCUT2D eigenvalue weighted by atomic mass is 16.6. The second kappa shape index (κ2) is 7.14. The Morgan fingerprint density at radius 2 is 2.00 bits per heavy atom. The summed E-state index contributed by atoms with van der Waals surface area (Å²) in [5, 5.41) is 3.02. The van der Waals surface area contributed by atoms with Crippen LogP contribution in [0.1, 0.15) is 41.1 Å². The Kier molecular flexibility index (Phi) is 5.46. The lowest BCUT2D eigenvalue weighted by Crippen LogP contribution is -2.50. The van der Waals surface area contributed by atoms with Crippen molar-refractivity contribution in [1.82, 2.24) is 10.2 Å². The Hall–Kier alpha value is -1.55. The van der Waals surface area contributed by atoms with E-state index in [1.807, 2.05) is 26.8 Å². The van der Waals surface area contributed by atoms with Gasteiger partial charge < -0.3 is 10.1 Å². The summed E-state index contributed by atoms with van der Waals surface area (Å²) in [4.78, 5) is 14.4. The van der Waals surface area contributed by atoms with Gasteiger partial charge >= 0.3 is 6.09 Å². The molecule has 124 valence electrons. The van der Waals surface area contributed by atoms with Gasteiger partial charge in [-0.25, -0.2) is 4.79 Å². The van der Waals surface area contributed by atoms with Crippen molar-refractivity contribution < 1.29 is 11.0 Å². The van der Waals surface area contributed by atoms with E-state index >= 15 is 0 Å². The maximum atomic E-state index is 11.9. The highest BCUT2D eigenvalue weighted by molar-refractivity contribution is 5.68. The van der Waals surface area contributed by atoms with Crippen LogP contribution in [0.3, 0.4) is 0 Å². The van der Waals surface area contributed by atoms with Crippen molar-refractivity contribution in [3.63, 3.8) is 0 Å². The maximum absolute atomic E-state index is 11.9. The monoisotopic (exact) mass is 306 g/mol. The Balaban J connectivity index is 0.00000264. The molecule has 0 spiro atoms. The van der Waals surface area contributed by atoms with Crippen molar-refractivity contribution in [2.24, 2.45) is 5.92 Å². The van der Waals surface area contributed by atoms with Crippen LogP contribution in [-0.2, 0) is 11.3 Å². The first-order valence-electron chi connectivity index (χ1n) is 8.07. The van der Waals surface area contributed by atoms with E-state index in [9.17, 15) is 4.79 Å². The molecule has 1 saturated heterocycles. The van der Waals surface area contributed by atoms with Crippen LogP contribution in [0.15, 0.2) is 30.3 Å². The number of benzene rings is 1. The summed E-state index contributed by atoms with van der Waals surface area (Å²) in [7, 11) is 0. The fourth-order valence-electron chi connectivity index (χ4n) is 3.01. The molecule has 1 fully saturated rings. The Bertz CT molecular complexity index is 488. The van der Waals surface area contributed by atoms with Gasteiger partial charge in [0.25, 0.3) is 0 Å². The lowest BCUT2D eigenvalue weighted by atomic mass is 9.95. The Morgan fingerprint density at radius 1 is 1.32 bits per heavy atom. The number of amides is 1. The van der Waals surface area contributed by atoms with E-state index < -0.39 is 5.60 Å². The lowest BCUT2D eigenvalue weighted by molar-refractivity contribution is 0.0450. The average Bonchev–Trinajstić information content (AvgIpc) is 2.36. The standard InChI is InChI=1S/C18H28N2O2.H2/c1-14-10-16(19-17(21)22-18(2,3)4)13-20(11-14)12-15-8-6-5-7-9-15;/h5-9,14,16H,10-13H2,1-4H3,(H,19,21);1H/t14-,16+;/m1./s1. The molecule has 1 amide bonds. The number of carbonyl (C=O) groups excluding carboxylic acids is 1. The zero-order valence-electron chi connectivity index (χ0n) is 14.1. The molecule has 1 aromatic rings. The number of ether oxygens (including phenoxy) is 1. The average molecular weight is 306 g/mol. The minimum atomic E-state index is -0.450. The zero-order chi connectivity index (χ0) is 16.2. The van der Waals surface area contributed by atoms with Gasteiger partial charge in [0.1, 0.15) is 5.60 Å². The predicted octanol–water partition coefficient (Wildman–Crippen LogP) is 3.67. The van der Waals surface area contributed by atoms with Gasteiger partial charge in [-0.15, -0.1) is 0 Å². The SMILES string of the molecule is C[C@@H]1C[C@H](NC(=O)OC(C)(C)C)CN(Cc2ccccc2)C1.[HH]. The summed E-state index contributed by atoms with van der Waals surface area (Å²) in [6.07, 6.45) is 0.691. The van der Waals surface area contributed by atoms with Crippen molar-refractivity contribution in [1.29, 1.82) is 0 Å². The zero-order valence-corrected chi connectivity index (χ0v) is 14.1. The van der Waals surface area contributed by atoms with Crippen LogP contribution in [0.25, 0.3) is 0 Å². The van der Waals surface area contributed by atoms with Gasteiger partial charge in [-0.1, -0.05) is 37.3 Å². The van der Waals surface area contributed by atoms with Gasteiger partial charge in [-0.2, -0.15) is 0 Å². The normalized spacial score (nSPS) is 23.1. The van der Waals surface area contributed by atoms with E-state index in [4.69, 9.17) is 4.74 Å². The molecular weight excluding hydrogens is 276 g/mol. The largest absolute Gasteiger partial charge is 0.444 e. The quantitative estimate of drug-likeness (QED) is 0.926. The molecule has 1 N–H and O–H groups in total. The van der Waals surface area contributed by atoms with Crippen molar-refractivity contribution >= 4 is 6.09 Å². The van der Waals surface area contributed by atoms with E-state index in [-0.39, 0.29) is 13.6 Å². The molecule has 2 rings (SSSR count). The summed E-state index contributed by atoms with van der Waals surface area (Å²) < 4.78 is 5.36. The van der Waals surface area contributed by atoms with Gasteiger partial charge in [0.2, 0.25) is 0 Å². The summed E-state index contributed by atoms with van der Waals surface area (Å²) >= 11 is 0. The minimum absolute atomic E-state index is 0. The van der Waals surface area contributed by atoms with E-state index in [0.717, 1.165) is 26.1 Å². The number of hydrogen-bond donors (Lipinski definition) is 1. The molecule has 0 bridgehead atoms. The highest BCUT2D eigenvalue weighted by Gasteiger charge is 2.27. The first-order chi connectivity index (χ1) is 10.3. The van der Waals surface area contributed by atoms with Gasteiger partial charge in [0.15, 0.2) is 0 Å². The fourth-order valence-corrected chi connectivity index (χ4v) is 3.01. The van der Waals surface area contributed by atoms with Gasteiger partial charge in [-0.3, -0.25) is 4.90 Å². The molecule has 22 heavy (non-hydrogen) atoms. The van der Waals surface area contributed by atoms with Crippen LogP contribution >= 0.6 is 0 Å². The molecule has 4 nitrogen and oxygen atoms in total. The number of carbonyl (C=O) groups is 1. The minimum Gasteiger partial charge on any atom is -0.444 e. The van der Waals surface area contributed by atoms with Crippen molar-refractivity contribution in [2.45, 2.75) is 52.3 Å². The summed E-state index contributed by atoms with van der Waals surface area (Å²) in [6.45, 7) is 10.8. The maximum Gasteiger partial charge on any atom is 0.407 e. The van der Waals surface area contributed by atoms with Crippen LogP contribution in [-0.4, -0.2) is 35.7 Å². The second-order valence-electron chi connectivity index (χ2n) is 7.36. The molecule has 1 heterocycles. The van der Waals surface area contributed by atoms with Gasteiger partial charge in [-0.05, 0) is 38.7 Å². The van der Waals surface area contributed by atoms with Gasteiger partial charge in [0, 0.05) is 27.1 Å². The highest BCUT2D eigenvalue weighted by Crippen LogP contribution is 2.19. The number of piperidine rings is 1. The second-order valence-corrected chi connectivity index (χ2v) is 7.36. The summed E-state index contributed by atoms with van der Waals surface area (Å²) in [5.41, 5.74) is 0.862. The molecule has 2 atom stereocenters. The van der Waals surface area contributed by atoms with E-state index in [2.05, 4.69) is 41.4 Å². The topological polar surface area (TPSA) is 41.6 Å². The molecule has 0 aliphatic carbocycles. The third-order valence-electron chi connectivity index (χ3n) is 3.71. The molecule has 1 aromatic carbocycles. The van der Waals surface area contributed by atoms with Crippen LogP contribution in [0.2, 0.25) is 0 Å². The Morgan fingerprint density at radius 3 is 2.64 bits per heavy atom. The number of rotatable bonds is 3. The number of nitrogens with one attached hydrogen (secondary N) is 1. The van der Waals surface area contributed by atoms with Crippen LogP contribution < -0.4 is 5.32 Å². The smallest absolute Gasteiger partial charge is 0.407 e. The summed E-state index contributed by atoms with van der Waals surface area (Å²) in [5.74, 6) is 0.567. The lowest BCUT2D eigenvalue weighted by Gasteiger charge is -2.37. The third-order valence-corrected chi connectivity index (χ3v) is 3.71. The van der Waals surface area contributed by atoms with Crippen LogP contribution in [0.4, 0.5) is 4.79 Å². The predicted molar refractivity (Wildman–Crippen MR) is 90.8 cm³/mol. The van der Waals surface area contributed by atoms with Crippen molar-refractivity contribution in [2.75, 3.05) is 13.1 Å². The third kappa shape index (κ3) is 5.68. The van der Waals surface area contributed by atoms with E-state index in [1.54, 1.807) is 0 Å². The Labute approximate surface area is 135 Å². The molecule has 0 radical (unpaired) electrons.